The molecule has 1 heterocycles. The van der Waals surface area contributed by atoms with E-state index >= 15 is 0 Å². The summed E-state index contributed by atoms with van der Waals surface area (Å²) >= 11 is 0. The van der Waals surface area contributed by atoms with Gasteiger partial charge in [-0.3, -0.25) is 0 Å². The van der Waals surface area contributed by atoms with Crippen LogP contribution in [0.15, 0.2) is 12.3 Å². The minimum atomic E-state index is -0.462. The lowest BCUT2D eigenvalue weighted by Gasteiger charge is -2.25. The van der Waals surface area contributed by atoms with Gasteiger partial charge < -0.3 is 15.2 Å². The highest BCUT2D eigenvalue weighted by Crippen LogP contribution is 2.27. The van der Waals surface area contributed by atoms with E-state index in [0.717, 1.165) is 6.42 Å². The van der Waals surface area contributed by atoms with E-state index in [1.54, 1.807) is 6.92 Å². The Kier molecular flexibility index (Phi) is 4.53. The number of nitrogens with zero attached hydrogens (tertiary/aromatic N) is 1. The van der Waals surface area contributed by atoms with Crippen LogP contribution in [0, 0.1) is 0 Å². The molecule has 0 unspecified atom stereocenters. The van der Waals surface area contributed by atoms with Crippen molar-refractivity contribution in [3.05, 3.63) is 17.8 Å². The average Bonchev–Trinajstić information content (AvgIpc) is 2.32. The van der Waals surface area contributed by atoms with Gasteiger partial charge in [0.15, 0.2) is 0 Å². The predicted octanol–water partition coefficient (Wildman–Crippen LogP) is 2.41. The molecule has 1 aromatic heterocycles. The van der Waals surface area contributed by atoms with Crippen LogP contribution in [0.2, 0.25) is 0 Å². The number of carbonyl (C=O) groups excluding carboxylic acids is 1. The molecule has 0 saturated carbocycles. The van der Waals surface area contributed by atoms with Crippen molar-refractivity contribution in [1.29, 1.82) is 0 Å². The first-order valence-electron chi connectivity index (χ1n) is 6.02. The molecule has 0 saturated heterocycles. The third-order valence-corrected chi connectivity index (χ3v) is 2.67. The fourth-order valence-electron chi connectivity index (χ4n) is 1.26. The highest BCUT2D eigenvalue weighted by Gasteiger charge is 2.22. The third kappa shape index (κ3) is 3.35. The van der Waals surface area contributed by atoms with E-state index in [9.17, 15) is 4.79 Å². The predicted molar refractivity (Wildman–Crippen MR) is 69.6 cm³/mol. The van der Waals surface area contributed by atoms with E-state index < -0.39 is 5.97 Å². The highest BCUT2D eigenvalue weighted by molar-refractivity contribution is 5.96. The summed E-state index contributed by atoms with van der Waals surface area (Å²) in [5.41, 5.74) is 6.01. The van der Waals surface area contributed by atoms with Gasteiger partial charge in [-0.2, -0.15) is 0 Å². The van der Waals surface area contributed by atoms with Crippen LogP contribution in [0.25, 0.3) is 0 Å². The van der Waals surface area contributed by atoms with Crippen LogP contribution in [0.1, 0.15) is 44.5 Å². The molecule has 0 aliphatic carbocycles. The molecular weight excluding hydrogens is 232 g/mol. The number of ether oxygens (including phenoxy) is 2. The molecule has 1 aromatic rings. The molecule has 0 bridgehead atoms. The Morgan fingerprint density at radius 2 is 2.11 bits per heavy atom. The molecule has 2 N–H and O–H groups in total. The summed E-state index contributed by atoms with van der Waals surface area (Å²) in [5, 5.41) is 0. The number of anilines is 1. The third-order valence-electron chi connectivity index (χ3n) is 2.67. The molecule has 0 atom stereocenters. The van der Waals surface area contributed by atoms with E-state index in [1.807, 2.05) is 20.8 Å². The number of esters is 1. The van der Waals surface area contributed by atoms with Crippen molar-refractivity contribution in [3.8, 4) is 5.88 Å². The summed E-state index contributed by atoms with van der Waals surface area (Å²) in [6, 6.07) is 1.53. The van der Waals surface area contributed by atoms with Crippen LogP contribution in [0.5, 0.6) is 5.88 Å². The van der Waals surface area contributed by atoms with Gasteiger partial charge in [0.05, 0.1) is 12.2 Å². The summed E-state index contributed by atoms with van der Waals surface area (Å²) in [6.45, 7) is 7.92. The first kappa shape index (κ1) is 14.3. The SMILES string of the molecule is CCOC(=O)c1ccnc(OC(C)(C)CC)c1N. The zero-order valence-corrected chi connectivity index (χ0v) is 11.3. The molecule has 0 amide bonds. The Labute approximate surface area is 107 Å². The van der Waals surface area contributed by atoms with Crippen LogP contribution in [0.4, 0.5) is 5.69 Å². The minimum absolute atomic E-state index is 0.220. The zero-order valence-electron chi connectivity index (χ0n) is 11.3. The van der Waals surface area contributed by atoms with Crippen LogP contribution >= 0.6 is 0 Å². The number of hydrogen-bond acceptors (Lipinski definition) is 5. The summed E-state index contributed by atoms with van der Waals surface area (Å²) in [7, 11) is 0. The molecule has 100 valence electrons. The van der Waals surface area contributed by atoms with Crippen molar-refractivity contribution in [1.82, 2.24) is 4.98 Å². The largest absolute Gasteiger partial charge is 0.470 e. The van der Waals surface area contributed by atoms with Crippen molar-refractivity contribution < 1.29 is 14.3 Å². The number of carbonyl (C=O) groups is 1. The van der Waals surface area contributed by atoms with Crippen LogP contribution < -0.4 is 10.5 Å². The van der Waals surface area contributed by atoms with E-state index in [0.29, 0.717) is 6.61 Å². The van der Waals surface area contributed by atoms with Crippen LogP contribution in [0.3, 0.4) is 0 Å². The van der Waals surface area contributed by atoms with E-state index in [-0.39, 0.29) is 22.7 Å². The normalized spacial score (nSPS) is 11.1. The van der Waals surface area contributed by atoms with Crippen molar-refractivity contribution in [2.45, 2.75) is 39.7 Å². The van der Waals surface area contributed by atoms with Gasteiger partial charge in [0.2, 0.25) is 5.88 Å². The first-order valence-corrected chi connectivity index (χ1v) is 6.02. The molecule has 5 heteroatoms. The van der Waals surface area contributed by atoms with E-state index in [1.165, 1.54) is 12.3 Å². The molecule has 1 rings (SSSR count). The van der Waals surface area contributed by atoms with Crippen molar-refractivity contribution in [3.63, 3.8) is 0 Å². The van der Waals surface area contributed by atoms with Gasteiger partial charge >= 0.3 is 5.97 Å². The fourth-order valence-corrected chi connectivity index (χ4v) is 1.26. The minimum Gasteiger partial charge on any atom is -0.470 e. The van der Waals surface area contributed by atoms with Crippen molar-refractivity contribution in [2.24, 2.45) is 0 Å². The van der Waals surface area contributed by atoms with Gasteiger partial charge in [-0.15, -0.1) is 0 Å². The van der Waals surface area contributed by atoms with Gasteiger partial charge in [0.25, 0.3) is 0 Å². The second-order valence-corrected chi connectivity index (χ2v) is 4.51. The monoisotopic (exact) mass is 252 g/mol. The number of pyridine rings is 1. The Bertz CT molecular complexity index is 430. The van der Waals surface area contributed by atoms with Gasteiger partial charge in [-0.25, -0.2) is 9.78 Å². The molecule has 0 fully saturated rings. The van der Waals surface area contributed by atoms with Crippen LogP contribution in [-0.4, -0.2) is 23.2 Å². The van der Waals surface area contributed by atoms with Gasteiger partial charge in [-0.05, 0) is 33.3 Å². The number of nitrogens with two attached hydrogens (primary N) is 1. The maximum absolute atomic E-state index is 11.7. The number of hydrogen-bond donors (Lipinski definition) is 1. The second kappa shape index (κ2) is 5.71. The highest BCUT2D eigenvalue weighted by atomic mass is 16.5. The van der Waals surface area contributed by atoms with Gasteiger partial charge in [-0.1, -0.05) is 6.92 Å². The maximum Gasteiger partial charge on any atom is 0.340 e. The molecule has 5 nitrogen and oxygen atoms in total. The van der Waals surface area contributed by atoms with Crippen LogP contribution in [-0.2, 0) is 4.74 Å². The van der Waals surface area contributed by atoms with E-state index in [4.69, 9.17) is 15.2 Å². The lowest BCUT2D eigenvalue weighted by Crippen LogP contribution is -2.28. The molecule has 0 radical (unpaired) electrons. The number of rotatable bonds is 5. The lowest BCUT2D eigenvalue weighted by molar-refractivity contribution is 0.0525. The molecular formula is C13H20N2O3. The maximum atomic E-state index is 11.7. The Morgan fingerprint density at radius 3 is 2.67 bits per heavy atom. The molecule has 0 spiro atoms. The fraction of sp³-hybridized carbons (Fsp3) is 0.538. The quantitative estimate of drug-likeness (QED) is 0.814. The first-order chi connectivity index (χ1) is 8.41. The number of aromatic nitrogens is 1. The van der Waals surface area contributed by atoms with Crippen molar-refractivity contribution >= 4 is 11.7 Å². The number of nitrogen functional groups attached to an aromatic ring is 1. The zero-order chi connectivity index (χ0) is 13.8. The molecule has 0 aliphatic heterocycles. The lowest BCUT2D eigenvalue weighted by atomic mass is 10.1. The molecule has 0 aromatic carbocycles. The smallest absolute Gasteiger partial charge is 0.340 e. The summed E-state index contributed by atoms with van der Waals surface area (Å²) in [6.07, 6.45) is 2.29. The summed E-state index contributed by atoms with van der Waals surface area (Å²) in [5.74, 6) is -0.191. The van der Waals surface area contributed by atoms with E-state index in [2.05, 4.69) is 4.98 Å². The van der Waals surface area contributed by atoms with Gasteiger partial charge in [0.1, 0.15) is 11.3 Å². The van der Waals surface area contributed by atoms with Crippen molar-refractivity contribution in [2.75, 3.05) is 12.3 Å². The average molecular weight is 252 g/mol. The Balaban J connectivity index is 3.02. The Hall–Kier alpha value is -1.78. The topological polar surface area (TPSA) is 74.4 Å². The van der Waals surface area contributed by atoms with Gasteiger partial charge in [0, 0.05) is 6.20 Å². The summed E-state index contributed by atoms with van der Waals surface area (Å²) < 4.78 is 10.6. The standard InChI is InChI=1S/C13H20N2O3/c1-5-13(3,4)18-11-10(14)9(7-8-15-11)12(16)17-6-2/h7-8H,5-6,14H2,1-4H3. The summed E-state index contributed by atoms with van der Waals surface area (Å²) in [4.78, 5) is 15.7. The second-order valence-electron chi connectivity index (χ2n) is 4.51. The Morgan fingerprint density at radius 1 is 1.44 bits per heavy atom. The molecule has 18 heavy (non-hydrogen) atoms. The molecule has 0 aliphatic rings.